The van der Waals surface area contributed by atoms with Crippen LogP contribution in [0.3, 0.4) is 0 Å². The van der Waals surface area contributed by atoms with E-state index in [1.807, 2.05) is 20.9 Å². The van der Waals surface area contributed by atoms with Crippen LogP contribution >= 0.6 is 11.6 Å². The number of benzene rings is 1. The smallest absolute Gasteiger partial charge is 0.244 e. The van der Waals surface area contributed by atoms with Crippen LogP contribution in [0.5, 0.6) is 0 Å². The summed E-state index contributed by atoms with van der Waals surface area (Å²) in [6.45, 7) is 5.33. The Morgan fingerprint density at radius 3 is 2.57 bits per heavy atom. The lowest BCUT2D eigenvalue weighted by Crippen LogP contribution is -2.58. The molecule has 118 valence electrons. The van der Waals surface area contributed by atoms with Gasteiger partial charge in [0, 0.05) is 25.2 Å². The summed E-state index contributed by atoms with van der Waals surface area (Å²) in [7, 11) is -1.67. The van der Waals surface area contributed by atoms with Gasteiger partial charge >= 0.3 is 0 Å². The van der Waals surface area contributed by atoms with Gasteiger partial charge in [-0.15, -0.1) is 0 Å². The molecule has 0 aliphatic carbocycles. The zero-order chi connectivity index (χ0) is 15.8. The van der Waals surface area contributed by atoms with E-state index in [0.717, 1.165) is 0 Å². The highest BCUT2D eigenvalue weighted by Crippen LogP contribution is 2.29. The van der Waals surface area contributed by atoms with Gasteiger partial charge in [0.1, 0.15) is 4.90 Å². The van der Waals surface area contributed by atoms with E-state index in [9.17, 15) is 13.5 Å². The van der Waals surface area contributed by atoms with Crippen molar-refractivity contribution in [1.82, 2.24) is 9.21 Å². The van der Waals surface area contributed by atoms with Crippen LogP contribution in [0.2, 0.25) is 5.02 Å². The van der Waals surface area contributed by atoms with Gasteiger partial charge in [0.05, 0.1) is 11.6 Å². The first-order chi connectivity index (χ1) is 9.68. The second-order valence-electron chi connectivity index (χ2n) is 6.00. The average Bonchev–Trinajstić information content (AvgIpc) is 2.42. The third-order valence-corrected chi connectivity index (χ3v) is 6.40. The molecule has 2 rings (SSSR count). The summed E-state index contributed by atoms with van der Waals surface area (Å²) in [4.78, 5) is 2.21. The van der Waals surface area contributed by atoms with Gasteiger partial charge in [0.25, 0.3) is 0 Å². The third-order valence-electron chi connectivity index (χ3n) is 4.08. The molecule has 1 aliphatic rings. The molecule has 1 saturated heterocycles. The number of sulfonamides is 1. The molecule has 1 N–H and O–H groups in total. The van der Waals surface area contributed by atoms with Crippen molar-refractivity contribution in [3.8, 4) is 0 Å². The number of halogens is 1. The van der Waals surface area contributed by atoms with Gasteiger partial charge in [0.15, 0.2) is 0 Å². The molecule has 1 aromatic rings. The fraction of sp³-hybridized carbons (Fsp3) is 0.571. The molecule has 21 heavy (non-hydrogen) atoms. The molecule has 0 bridgehead atoms. The van der Waals surface area contributed by atoms with Crippen LogP contribution < -0.4 is 0 Å². The summed E-state index contributed by atoms with van der Waals surface area (Å²) in [5.74, 6) is 0. The Hall–Kier alpha value is -0.660. The summed E-state index contributed by atoms with van der Waals surface area (Å²) in [6, 6.07) is 4.58. The third kappa shape index (κ3) is 3.24. The first-order valence-electron chi connectivity index (χ1n) is 6.79. The number of aliphatic hydroxyl groups is 1. The number of likely N-dealkylation sites (N-methyl/N-ethyl adjacent to an activating group) is 1. The fourth-order valence-electron chi connectivity index (χ4n) is 2.38. The largest absolute Gasteiger partial charge is 0.392 e. The molecule has 1 aliphatic heterocycles. The molecule has 0 amide bonds. The topological polar surface area (TPSA) is 60.9 Å². The minimum atomic E-state index is -3.66. The Bertz CT molecular complexity index is 631. The van der Waals surface area contributed by atoms with Crippen molar-refractivity contribution in [2.45, 2.75) is 30.9 Å². The highest BCUT2D eigenvalue weighted by atomic mass is 35.5. The van der Waals surface area contributed by atoms with Crippen molar-refractivity contribution < 1.29 is 13.5 Å². The van der Waals surface area contributed by atoms with Gasteiger partial charge in [0.2, 0.25) is 10.0 Å². The van der Waals surface area contributed by atoms with Crippen molar-refractivity contribution >= 4 is 21.6 Å². The van der Waals surface area contributed by atoms with E-state index in [4.69, 9.17) is 11.6 Å². The molecule has 1 heterocycles. The molecule has 1 aromatic carbocycles. The average molecular weight is 333 g/mol. The van der Waals surface area contributed by atoms with Crippen LogP contribution in [0.15, 0.2) is 23.1 Å². The monoisotopic (exact) mass is 332 g/mol. The maximum atomic E-state index is 12.8. The standard InChI is InChI=1S/C14H21ClN2O3S/c1-14(2)10-17(7-6-16(14)3)21(19,20)13-8-11(9-18)4-5-12(13)15/h4-5,8,18H,6-7,9-10H2,1-3H3. The Labute approximate surface area is 131 Å². The maximum absolute atomic E-state index is 12.8. The van der Waals surface area contributed by atoms with Crippen LogP contribution in [0.1, 0.15) is 19.4 Å². The predicted molar refractivity (Wildman–Crippen MR) is 82.8 cm³/mol. The highest BCUT2D eigenvalue weighted by Gasteiger charge is 2.37. The first-order valence-corrected chi connectivity index (χ1v) is 8.61. The lowest BCUT2D eigenvalue weighted by Gasteiger charge is -2.44. The van der Waals surface area contributed by atoms with Gasteiger partial charge < -0.3 is 5.11 Å². The van der Waals surface area contributed by atoms with Gasteiger partial charge in [-0.25, -0.2) is 8.42 Å². The van der Waals surface area contributed by atoms with E-state index in [-0.39, 0.29) is 22.1 Å². The fourth-order valence-corrected chi connectivity index (χ4v) is 4.49. The van der Waals surface area contributed by atoms with E-state index in [1.165, 1.54) is 16.4 Å². The second-order valence-corrected chi connectivity index (χ2v) is 8.31. The Kier molecular flexibility index (Phi) is 4.66. The van der Waals surface area contributed by atoms with E-state index in [0.29, 0.717) is 25.2 Å². The summed E-state index contributed by atoms with van der Waals surface area (Å²) in [5, 5.41) is 9.37. The lowest BCUT2D eigenvalue weighted by atomic mass is 10.0. The van der Waals surface area contributed by atoms with Crippen LogP contribution in [-0.2, 0) is 16.6 Å². The Balaban J connectivity index is 2.39. The summed E-state index contributed by atoms with van der Waals surface area (Å²) in [5.41, 5.74) is 0.304. The van der Waals surface area contributed by atoms with Crippen molar-refractivity contribution in [2.24, 2.45) is 0 Å². The van der Waals surface area contributed by atoms with Crippen LogP contribution in [-0.4, -0.2) is 55.0 Å². The van der Waals surface area contributed by atoms with Crippen molar-refractivity contribution in [3.63, 3.8) is 0 Å². The normalized spacial score (nSPS) is 20.6. The molecule has 0 atom stereocenters. The summed E-state index contributed by atoms with van der Waals surface area (Å²) in [6.07, 6.45) is 0. The zero-order valence-electron chi connectivity index (χ0n) is 12.5. The molecule has 0 unspecified atom stereocenters. The molecular formula is C14H21ClN2O3S. The molecule has 0 saturated carbocycles. The Morgan fingerprint density at radius 1 is 1.33 bits per heavy atom. The molecule has 0 spiro atoms. The Morgan fingerprint density at radius 2 is 2.00 bits per heavy atom. The molecule has 0 radical (unpaired) electrons. The van der Waals surface area contributed by atoms with E-state index >= 15 is 0 Å². The minimum Gasteiger partial charge on any atom is -0.392 e. The molecular weight excluding hydrogens is 312 g/mol. The number of rotatable bonds is 3. The van der Waals surface area contributed by atoms with Crippen LogP contribution in [0, 0.1) is 0 Å². The van der Waals surface area contributed by atoms with E-state index < -0.39 is 10.0 Å². The summed E-state index contributed by atoms with van der Waals surface area (Å²) < 4.78 is 27.1. The van der Waals surface area contributed by atoms with Gasteiger partial charge in [-0.3, -0.25) is 4.90 Å². The van der Waals surface area contributed by atoms with Gasteiger partial charge in [-0.1, -0.05) is 17.7 Å². The predicted octanol–water partition coefficient (Wildman–Crippen LogP) is 1.55. The van der Waals surface area contributed by atoms with E-state index in [2.05, 4.69) is 4.90 Å². The molecule has 0 aromatic heterocycles. The molecule has 7 heteroatoms. The molecule has 1 fully saturated rings. The van der Waals surface area contributed by atoms with Gasteiger partial charge in [-0.2, -0.15) is 4.31 Å². The van der Waals surface area contributed by atoms with Crippen LogP contribution in [0.25, 0.3) is 0 Å². The number of hydrogen-bond acceptors (Lipinski definition) is 4. The summed E-state index contributed by atoms with van der Waals surface area (Å²) >= 11 is 6.06. The van der Waals surface area contributed by atoms with Crippen LogP contribution in [0.4, 0.5) is 0 Å². The molecule has 5 nitrogen and oxygen atoms in total. The minimum absolute atomic E-state index is 0.0658. The lowest BCUT2D eigenvalue weighted by molar-refractivity contribution is 0.0801. The maximum Gasteiger partial charge on any atom is 0.244 e. The van der Waals surface area contributed by atoms with Crippen molar-refractivity contribution in [1.29, 1.82) is 0 Å². The number of aliphatic hydroxyl groups excluding tert-OH is 1. The SMILES string of the molecule is CN1CCN(S(=O)(=O)c2cc(CO)ccc2Cl)CC1(C)C. The zero-order valence-corrected chi connectivity index (χ0v) is 14.1. The van der Waals surface area contributed by atoms with Gasteiger partial charge in [-0.05, 0) is 38.6 Å². The van der Waals surface area contributed by atoms with Crippen molar-refractivity contribution in [2.75, 3.05) is 26.7 Å². The number of nitrogens with zero attached hydrogens (tertiary/aromatic N) is 2. The van der Waals surface area contributed by atoms with E-state index in [1.54, 1.807) is 6.07 Å². The second kappa shape index (κ2) is 5.85. The number of hydrogen-bond donors (Lipinski definition) is 1. The quantitative estimate of drug-likeness (QED) is 0.912. The first kappa shape index (κ1) is 16.7. The number of piperazine rings is 1. The highest BCUT2D eigenvalue weighted by molar-refractivity contribution is 7.89. The van der Waals surface area contributed by atoms with Crippen molar-refractivity contribution in [3.05, 3.63) is 28.8 Å².